The molecule has 2 heterocycles. The minimum atomic E-state index is -0.863. The summed E-state index contributed by atoms with van der Waals surface area (Å²) in [5.41, 5.74) is 0. The standard InChI is InChI=1S/C13H18Cl2N4O2/c1-3-8-7-19(13(20)21)5-4-10(8)18(2)11-9(14)6-16-12(15)17-11/h6,8,10H,3-5,7H2,1-2H3,(H,20,21). The van der Waals surface area contributed by atoms with Crippen LogP contribution >= 0.6 is 23.2 Å². The van der Waals surface area contributed by atoms with Crippen LogP contribution in [0.1, 0.15) is 19.8 Å². The minimum Gasteiger partial charge on any atom is -0.465 e. The van der Waals surface area contributed by atoms with E-state index in [1.165, 1.54) is 11.1 Å². The van der Waals surface area contributed by atoms with Crippen molar-refractivity contribution in [3.8, 4) is 0 Å². The van der Waals surface area contributed by atoms with E-state index in [-0.39, 0.29) is 17.2 Å². The number of carbonyl (C=O) groups is 1. The SMILES string of the molecule is CCC1CN(C(=O)O)CCC1N(C)c1nc(Cl)ncc1Cl. The van der Waals surface area contributed by atoms with Gasteiger partial charge in [-0.1, -0.05) is 18.5 Å². The van der Waals surface area contributed by atoms with Crippen molar-refractivity contribution in [3.05, 3.63) is 16.5 Å². The molecule has 1 aromatic rings. The molecular weight excluding hydrogens is 315 g/mol. The van der Waals surface area contributed by atoms with Gasteiger partial charge in [0.2, 0.25) is 5.28 Å². The van der Waals surface area contributed by atoms with Crippen molar-refractivity contribution in [1.29, 1.82) is 0 Å². The Bertz CT molecular complexity index is 529. The average Bonchev–Trinajstić information content (AvgIpc) is 2.48. The number of hydrogen-bond donors (Lipinski definition) is 1. The van der Waals surface area contributed by atoms with Gasteiger partial charge in [-0.2, -0.15) is 4.98 Å². The lowest BCUT2D eigenvalue weighted by molar-refractivity contribution is 0.111. The number of rotatable bonds is 3. The molecule has 1 fully saturated rings. The highest BCUT2D eigenvalue weighted by atomic mass is 35.5. The number of carboxylic acid groups (broad SMARTS) is 1. The molecule has 0 bridgehead atoms. The van der Waals surface area contributed by atoms with Gasteiger partial charge in [0.25, 0.3) is 0 Å². The molecule has 0 aliphatic carbocycles. The van der Waals surface area contributed by atoms with Gasteiger partial charge >= 0.3 is 6.09 Å². The molecule has 116 valence electrons. The summed E-state index contributed by atoms with van der Waals surface area (Å²) in [4.78, 5) is 22.6. The summed E-state index contributed by atoms with van der Waals surface area (Å²) in [5, 5.41) is 9.72. The first-order valence-corrected chi connectivity index (χ1v) is 7.58. The van der Waals surface area contributed by atoms with Crippen LogP contribution in [0.5, 0.6) is 0 Å². The fraction of sp³-hybridized carbons (Fsp3) is 0.615. The van der Waals surface area contributed by atoms with E-state index >= 15 is 0 Å². The highest BCUT2D eigenvalue weighted by Gasteiger charge is 2.33. The van der Waals surface area contributed by atoms with E-state index in [0.29, 0.717) is 23.9 Å². The Balaban J connectivity index is 2.20. The molecule has 1 aromatic heterocycles. The largest absolute Gasteiger partial charge is 0.465 e. The first-order chi connectivity index (χ1) is 9.93. The summed E-state index contributed by atoms with van der Waals surface area (Å²) in [5.74, 6) is 0.813. The second kappa shape index (κ2) is 6.66. The van der Waals surface area contributed by atoms with E-state index < -0.39 is 6.09 Å². The lowest BCUT2D eigenvalue weighted by Crippen LogP contribution is -2.51. The monoisotopic (exact) mass is 332 g/mol. The van der Waals surface area contributed by atoms with Gasteiger partial charge in [-0.05, 0) is 30.4 Å². The van der Waals surface area contributed by atoms with Crippen LogP contribution in [0.2, 0.25) is 10.3 Å². The number of hydrogen-bond acceptors (Lipinski definition) is 4. The van der Waals surface area contributed by atoms with Crippen molar-refractivity contribution in [1.82, 2.24) is 14.9 Å². The third kappa shape index (κ3) is 3.49. The van der Waals surface area contributed by atoms with Gasteiger partial charge < -0.3 is 14.9 Å². The summed E-state index contributed by atoms with van der Waals surface area (Å²) in [6.45, 7) is 3.10. The van der Waals surface area contributed by atoms with Gasteiger partial charge in [0.1, 0.15) is 5.02 Å². The van der Waals surface area contributed by atoms with Crippen LogP contribution in [0, 0.1) is 5.92 Å². The second-order valence-corrected chi connectivity index (χ2v) is 5.92. The molecule has 1 amide bonds. The maximum atomic E-state index is 11.1. The van der Waals surface area contributed by atoms with Gasteiger partial charge in [0.15, 0.2) is 5.82 Å². The maximum absolute atomic E-state index is 11.1. The van der Waals surface area contributed by atoms with Crippen LogP contribution in [0.25, 0.3) is 0 Å². The van der Waals surface area contributed by atoms with Crippen molar-refractivity contribution >= 4 is 35.1 Å². The third-order valence-corrected chi connectivity index (χ3v) is 4.47. The molecule has 0 saturated carbocycles. The quantitative estimate of drug-likeness (QED) is 0.861. The fourth-order valence-electron chi connectivity index (χ4n) is 2.85. The molecule has 6 nitrogen and oxygen atoms in total. The lowest BCUT2D eigenvalue weighted by Gasteiger charge is -2.42. The second-order valence-electron chi connectivity index (χ2n) is 5.17. The Kier molecular flexibility index (Phi) is 5.11. The molecule has 21 heavy (non-hydrogen) atoms. The summed E-state index contributed by atoms with van der Waals surface area (Å²) < 4.78 is 0. The van der Waals surface area contributed by atoms with Crippen molar-refractivity contribution in [2.24, 2.45) is 5.92 Å². The lowest BCUT2D eigenvalue weighted by atomic mass is 9.89. The molecule has 0 aromatic carbocycles. The zero-order valence-electron chi connectivity index (χ0n) is 12.0. The first kappa shape index (κ1) is 16.1. The van der Waals surface area contributed by atoms with Gasteiger partial charge in [-0.15, -0.1) is 0 Å². The van der Waals surface area contributed by atoms with E-state index in [4.69, 9.17) is 28.3 Å². The van der Waals surface area contributed by atoms with Gasteiger partial charge in [-0.25, -0.2) is 9.78 Å². The van der Waals surface area contributed by atoms with E-state index in [1.807, 2.05) is 11.9 Å². The predicted octanol–water partition coefficient (Wildman–Crippen LogP) is 3.00. The third-order valence-electron chi connectivity index (χ3n) is 4.02. The highest BCUT2D eigenvalue weighted by Crippen LogP contribution is 2.31. The molecule has 1 N–H and O–H groups in total. The maximum Gasteiger partial charge on any atom is 0.407 e. The van der Waals surface area contributed by atoms with Gasteiger partial charge in [-0.3, -0.25) is 0 Å². The highest BCUT2D eigenvalue weighted by molar-refractivity contribution is 6.33. The molecule has 1 saturated heterocycles. The van der Waals surface area contributed by atoms with E-state index in [0.717, 1.165) is 12.8 Å². The molecule has 2 unspecified atom stereocenters. The molecule has 0 spiro atoms. The van der Waals surface area contributed by atoms with Crippen molar-refractivity contribution in [2.45, 2.75) is 25.8 Å². The Morgan fingerprint density at radius 2 is 2.29 bits per heavy atom. The minimum absolute atomic E-state index is 0.150. The Morgan fingerprint density at radius 3 is 2.90 bits per heavy atom. The number of anilines is 1. The van der Waals surface area contributed by atoms with Crippen LogP contribution in [0.4, 0.5) is 10.6 Å². The van der Waals surface area contributed by atoms with E-state index in [1.54, 1.807) is 0 Å². The molecule has 1 aliphatic rings. The van der Waals surface area contributed by atoms with Gasteiger partial charge in [0.05, 0.1) is 6.20 Å². The summed E-state index contributed by atoms with van der Waals surface area (Å²) in [6.07, 6.45) is 2.24. The normalized spacial score (nSPS) is 22.2. The number of likely N-dealkylation sites (tertiary alicyclic amines) is 1. The number of nitrogens with zero attached hydrogens (tertiary/aromatic N) is 4. The number of aromatic nitrogens is 2. The summed E-state index contributed by atoms with van der Waals surface area (Å²) in [6, 6.07) is 0.175. The zero-order valence-corrected chi connectivity index (χ0v) is 13.5. The molecular formula is C13H18Cl2N4O2. The topological polar surface area (TPSA) is 69.6 Å². The van der Waals surface area contributed by atoms with Crippen molar-refractivity contribution in [2.75, 3.05) is 25.0 Å². The molecule has 8 heteroatoms. The zero-order chi connectivity index (χ0) is 15.6. The van der Waals surface area contributed by atoms with Crippen LogP contribution in [0.3, 0.4) is 0 Å². The van der Waals surface area contributed by atoms with Gasteiger partial charge in [0, 0.05) is 26.2 Å². The van der Waals surface area contributed by atoms with Crippen LogP contribution in [0.15, 0.2) is 6.20 Å². The Hall–Kier alpha value is -1.27. The average molecular weight is 333 g/mol. The Labute approximate surface area is 133 Å². The van der Waals surface area contributed by atoms with E-state index in [2.05, 4.69) is 16.9 Å². The molecule has 1 aliphatic heterocycles. The molecule has 2 atom stereocenters. The van der Waals surface area contributed by atoms with Crippen LogP contribution in [-0.4, -0.2) is 52.2 Å². The van der Waals surface area contributed by atoms with Crippen molar-refractivity contribution < 1.29 is 9.90 Å². The molecule has 2 rings (SSSR count). The fourth-order valence-corrected chi connectivity index (χ4v) is 3.20. The van der Waals surface area contributed by atoms with Crippen LogP contribution < -0.4 is 4.90 Å². The smallest absolute Gasteiger partial charge is 0.407 e. The summed E-state index contributed by atoms with van der Waals surface area (Å²) >= 11 is 12.0. The van der Waals surface area contributed by atoms with Crippen LogP contribution in [-0.2, 0) is 0 Å². The molecule has 0 radical (unpaired) electrons. The predicted molar refractivity (Wildman–Crippen MR) is 82.2 cm³/mol. The first-order valence-electron chi connectivity index (χ1n) is 6.82. The Morgan fingerprint density at radius 1 is 1.57 bits per heavy atom. The van der Waals surface area contributed by atoms with Crippen molar-refractivity contribution in [3.63, 3.8) is 0 Å². The number of piperidine rings is 1. The van der Waals surface area contributed by atoms with E-state index in [9.17, 15) is 4.79 Å². The summed E-state index contributed by atoms with van der Waals surface area (Å²) in [7, 11) is 1.91. The number of amides is 1. The number of halogens is 2.